The number of piperidine rings is 1. The third kappa shape index (κ3) is 2.65. The SMILES string of the molecule is CCC1CNCCC1n1c(=O)[nH]c2ccc([N+](=O)[O-])cc2c1=O. The lowest BCUT2D eigenvalue weighted by molar-refractivity contribution is -0.384. The maximum Gasteiger partial charge on any atom is 0.329 e. The van der Waals surface area contributed by atoms with Crippen LogP contribution < -0.4 is 16.6 Å². The van der Waals surface area contributed by atoms with E-state index in [0.29, 0.717) is 11.9 Å². The Kier molecular flexibility index (Phi) is 3.99. The van der Waals surface area contributed by atoms with Crippen LogP contribution in [0.1, 0.15) is 25.8 Å². The number of benzene rings is 1. The van der Waals surface area contributed by atoms with Gasteiger partial charge in [0.1, 0.15) is 0 Å². The predicted molar refractivity (Wildman–Crippen MR) is 85.8 cm³/mol. The van der Waals surface area contributed by atoms with Crippen molar-refractivity contribution in [3.63, 3.8) is 0 Å². The van der Waals surface area contributed by atoms with E-state index in [9.17, 15) is 19.7 Å². The van der Waals surface area contributed by atoms with Crippen molar-refractivity contribution < 1.29 is 4.92 Å². The fourth-order valence-corrected chi connectivity index (χ4v) is 3.30. The molecule has 0 aliphatic carbocycles. The van der Waals surface area contributed by atoms with Gasteiger partial charge in [-0.1, -0.05) is 13.3 Å². The summed E-state index contributed by atoms with van der Waals surface area (Å²) in [6.07, 6.45) is 1.53. The molecule has 8 heteroatoms. The van der Waals surface area contributed by atoms with Gasteiger partial charge < -0.3 is 10.3 Å². The molecule has 2 N–H and O–H groups in total. The van der Waals surface area contributed by atoms with Crippen LogP contribution in [0, 0.1) is 16.0 Å². The number of hydrogen-bond donors (Lipinski definition) is 2. The normalized spacial score (nSPS) is 21.4. The topological polar surface area (TPSA) is 110 Å². The molecule has 2 atom stereocenters. The summed E-state index contributed by atoms with van der Waals surface area (Å²) in [6.45, 7) is 3.51. The Hall–Kier alpha value is -2.48. The van der Waals surface area contributed by atoms with Gasteiger partial charge in [-0.15, -0.1) is 0 Å². The van der Waals surface area contributed by atoms with Gasteiger partial charge in [-0.3, -0.25) is 19.5 Å². The molecule has 2 aromatic rings. The Morgan fingerprint density at radius 3 is 2.87 bits per heavy atom. The Balaban J connectivity index is 2.22. The van der Waals surface area contributed by atoms with E-state index in [1.54, 1.807) is 0 Å². The summed E-state index contributed by atoms with van der Waals surface area (Å²) in [7, 11) is 0. The largest absolute Gasteiger partial charge is 0.329 e. The van der Waals surface area contributed by atoms with Crippen LogP contribution in [-0.2, 0) is 0 Å². The number of nitro groups is 1. The van der Waals surface area contributed by atoms with Gasteiger partial charge in [-0.2, -0.15) is 0 Å². The van der Waals surface area contributed by atoms with Crippen molar-refractivity contribution >= 4 is 16.6 Å². The monoisotopic (exact) mass is 318 g/mol. The Morgan fingerprint density at radius 2 is 2.17 bits per heavy atom. The van der Waals surface area contributed by atoms with Gasteiger partial charge >= 0.3 is 5.69 Å². The summed E-state index contributed by atoms with van der Waals surface area (Å²) in [5.41, 5.74) is -0.756. The van der Waals surface area contributed by atoms with Crippen molar-refractivity contribution in [3.05, 3.63) is 49.2 Å². The van der Waals surface area contributed by atoms with Crippen LogP contribution >= 0.6 is 0 Å². The van der Waals surface area contributed by atoms with Crippen molar-refractivity contribution in [1.29, 1.82) is 0 Å². The molecule has 1 saturated heterocycles. The van der Waals surface area contributed by atoms with Crippen molar-refractivity contribution in [2.75, 3.05) is 13.1 Å². The van der Waals surface area contributed by atoms with E-state index >= 15 is 0 Å². The van der Waals surface area contributed by atoms with Crippen LogP contribution in [-0.4, -0.2) is 27.6 Å². The molecule has 122 valence electrons. The highest BCUT2D eigenvalue weighted by Crippen LogP contribution is 2.25. The fraction of sp³-hybridized carbons (Fsp3) is 0.467. The first-order chi connectivity index (χ1) is 11.0. The third-order valence-electron chi connectivity index (χ3n) is 4.55. The van der Waals surface area contributed by atoms with E-state index in [0.717, 1.165) is 19.5 Å². The zero-order valence-corrected chi connectivity index (χ0v) is 12.7. The van der Waals surface area contributed by atoms with Gasteiger partial charge in [0.05, 0.1) is 15.8 Å². The van der Waals surface area contributed by atoms with Gasteiger partial charge in [0.15, 0.2) is 0 Å². The minimum Gasteiger partial charge on any atom is -0.316 e. The lowest BCUT2D eigenvalue weighted by Gasteiger charge is -2.32. The molecule has 1 aliphatic heterocycles. The zero-order chi connectivity index (χ0) is 16.6. The molecule has 2 unspecified atom stereocenters. The summed E-state index contributed by atoms with van der Waals surface area (Å²) >= 11 is 0. The van der Waals surface area contributed by atoms with Crippen LogP contribution in [0.3, 0.4) is 0 Å². The Bertz CT molecular complexity index is 870. The average Bonchev–Trinajstić information content (AvgIpc) is 2.55. The van der Waals surface area contributed by atoms with Crippen molar-refractivity contribution in [1.82, 2.24) is 14.9 Å². The number of nitro benzene ring substituents is 1. The van der Waals surface area contributed by atoms with Gasteiger partial charge in [-0.05, 0) is 31.5 Å². The van der Waals surface area contributed by atoms with Crippen molar-refractivity contribution in [2.45, 2.75) is 25.8 Å². The van der Waals surface area contributed by atoms with Crippen LogP contribution in [0.5, 0.6) is 0 Å². The molecular weight excluding hydrogens is 300 g/mol. The first-order valence-corrected chi connectivity index (χ1v) is 7.66. The molecule has 0 amide bonds. The fourth-order valence-electron chi connectivity index (χ4n) is 3.30. The predicted octanol–water partition coefficient (Wildman–Crippen LogP) is 1.16. The summed E-state index contributed by atoms with van der Waals surface area (Å²) in [6, 6.07) is 3.72. The number of rotatable bonds is 3. The molecule has 3 rings (SSSR count). The molecule has 8 nitrogen and oxygen atoms in total. The second-order valence-electron chi connectivity index (χ2n) is 5.82. The minimum atomic E-state index is -0.548. The van der Waals surface area contributed by atoms with Gasteiger partial charge in [0.2, 0.25) is 0 Å². The Labute approximate surface area is 131 Å². The van der Waals surface area contributed by atoms with E-state index in [1.165, 1.54) is 22.8 Å². The van der Waals surface area contributed by atoms with Crippen LogP contribution in [0.2, 0.25) is 0 Å². The number of aromatic nitrogens is 2. The zero-order valence-electron chi connectivity index (χ0n) is 12.7. The van der Waals surface area contributed by atoms with Crippen LogP contribution in [0.25, 0.3) is 10.9 Å². The maximum atomic E-state index is 12.8. The second kappa shape index (κ2) is 5.96. The molecule has 0 spiro atoms. The maximum absolute atomic E-state index is 12.8. The molecule has 1 aromatic heterocycles. The highest BCUT2D eigenvalue weighted by molar-refractivity contribution is 5.79. The standard InChI is InChI=1S/C15H18N4O4/c1-2-9-8-16-6-5-13(9)18-14(20)11-7-10(19(22)23)3-4-12(11)17-15(18)21/h3-4,7,9,13,16H,2,5-6,8H2,1H3,(H,17,21). The number of hydrogen-bond acceptors (Lipinski definition) is 5. The number of aromatic amines is 1. The van der Waals surface area contributed by atoms with E-state index in [-0.39, 0.29) is 23.0 Å². The molecule has 23 heavy (non-hydrogen) atoms. The summed E-state index contributed by atoms with van der Waals surface area (Å²) in [4.78, 5) is 38.2. The first-order valence-electron chi connectivity index (χ1n) is 7.66. The molecule has 0 radical (unpaired) electrons. The molecule has 1 aliphatic rings. The molecular formula is C15H18N4O4. The molecule has 2 heterocycles. The highest BCUT2D eigenvalue weighted by atomic mass is 16.6. The van der Waals surface area contributed by atoms with E-state index in [1.807, 2.05) is 6.92 Å². The van der Waals surface area contributed by atoms with E-state index in [4.69, 9.17) is 0 Å². The van der Waals surface area contributed by atoms with Gasteiger partial charge in [-0.25, -0.2) is 4.79 Å². The van der Waals surface area contributed by atoms with Gasteiger partial charge in [0.25, 0.3) is 11.2 Å². The van der Waals surface area contributed by atoms with E-state index in [2.05, 4.69) is 10.3 Å². The van der Waals surface area contributed by atoms with Crippen LogP contribution in [0.4, 0.5) is 5.69 Å². The molecule has 0 saturated carbocycles. The lowest BCUT2D eigenvalue weighted by atomic mass is 9.91. The molecule has 0 bridgehead atoms. The lowest BCUT2D eigenvalue weighted by Crippen LogP contribution is -2.46. The first kappa shape index (κ1) is 15.4. The quantitative estimate of drug-likeness (QED) is 0.652. The summed E-state index contributed by atoms with van der Waals surface area (Å²) < 4.78 is 1.24. The molecule has 1 fully saturated rings. The number of nitrogens with zero attached hydrogens (tertiary/aromatic N) is 2. The highest BCUT2D eigenvalue weighted by Gasteiger charge is 2.28. The smallest absolute Gasteiger partial charge is 0.316 e. The second-order valence-corrected chi connectivity index (χ2v) is 5.82. The number of fused-ring (bicyclic) bond motifs is 1. The number of non-ortho nitro benzene ring substituents is 1. The number of nitrogens with one attached hydrogen (secondary N) is 2. The minimum absolute atomic E-state index is 0.162. The number of H-pyrrole nitrogens is 1. The van der Waals surface area contributed by atoms with Gasteiger partial charge in [0, 0.05) is 18.2 Å². The van der Waals surface area contributed by atoms with Crippen LogP contribution in [0.15, 0.2) is 27.8 Å². The van der Waals surface area contributed by atoms with Crippen molar-refractivity contribution in [3.8, 4) is 0 Å². The molecule has 1 aromatic carbocycles. The average molecular weight is 318 g/mol. The summed E-state index contributed by atoms with van der Waals surface area (Å²) in [5.74, 6) is 0.179. The van der Waals surface area contributed by atoms with E-state index < -0.39 is 16.2 Å². The summed E-state index contributed by atoms with van der Waals surface area (Å²) in [5, 5.41) is 14.4. The van der Waals surface area contributed by atoms with Crippen molar-refractivity contribution in [2.24, 2.45) is 5.92 Å². The Morgan fingerprint density at radius 1 is 1.39 bits per heavy atom. The third-order valence-corrected chi connectivity index (χ3v) is 4.55.